The van der Waals surface area contributed by atoms with Gasteiger partial charge < -0.3 is 15.3 Å². The molecule has 6 nitrogen and oxygen atoms in total. The Balaban J connectivity index is 2.37. The lowest BCUT2D eigenvalue weighted by Crippen LogP contribution is -2.43. The van der Waals surface area contributed by atoms with Crippen LogP contribution in [0.5, 0.6) is 5.75 Å². The molecule has 0 radical (unpaired) electrons. The second kappa shape index (κ2) is 4.58. The minimum Gasteiger partial charge on any atom is -0.502 e. The summed E-state index contributed by atoms with van der Waals surface area (Å²) >= 11 is 0. The van der Waals surface area contributed by atoms with Crippen LogP contribution in [0.2, 0.25) is 0 Å². The van der Waals surface area contributed by atoms with Gasteiger partial charge in [-0.15, -0.1) is 0 Å². The number of hydrogen-bond donors (Lipinski definition) is 2. The zero-order valence-corrected chi connectivity index (χ0v) is 9.64. The number of aryl methyl sites for hydroxylation is 1. The third kappa shape index (κ3) is 2.31. The van der Waals surface area contributed by atoms with E-state index in [1.807, 2.05) is 0 Å². The van der Waals surface area contributed by atoms with E-state index in [0.717, 1.165) is 31.9 Å². The highest BCUT2D eigenvalue weighted by molar-refractivity contribution is 5.63. The molecule has 2 rings (SSSR count). The number of phenols is 1. The zero-order valence-electron chi connectivity index (χ0n) is 9.64. The molecule has 1 aromatic carbocycles. The molecule has 0 bridgehead atoms. The average molecular weight is 237 g/mol. The normalized spacial score (nSPS) is 15.9. The Kier molecular flexibility index (Phi) is 3.14. The molecule has 1 aliphatic heterocycles. The highest BCUT2D eigenvalue weighted by Crippen LogP contribution is 2.34. The molecule has 2 N–H and O–H groups in total. The van der Waals surface area contributed by atoms with Gasteiger partial charge in [0, 0.05) is 43.5 Å². The molecule has 1 heterocycles. The van der Waals surface area contributed by atoms with Crippen molar-refractivity contribution in [3.8, 4) is 5.75 Å². The minimum absolute atomic E-state index is 0.224. The van der Waals surface area contributed by atoms with E-state index in [1.54, 1.807) is 13.0 Å². The van der Waals surface area contributed by atoms with Crippen LogP contribution in [-0.2, 0) is 0 Å². The predicted octanol–water partition coefficient (Wildman–Crippen LogP) is 1.02. The van der Waals surface area contributed by atoms with Gasteiger partial charge in [-0.3, -0.25) is 10.1 Å². The Morgan fingerprint density at radius 2 is 2.06 bits per heavy atom. The van der Waals surface area contributed by atoms with Crippen molar-refractivity contribution < 1.29 is 10.0 Å². The second-order valence-corrected chi connectivity index (χ2v) is 4.12. The first-order valence-electron chi connectivity index (χ1n) is 5.53. The van der Waals surface area contributed by atoms with Crippen molar-refractivity contribution in [2.75, 3.05) is 31.1 Å². The van der Waals surface area contributed by atoms with E-state index in [1.165, 1.54) is 6.07 Å². The van der Waals surface area contributed by atoms with Gasteiger partial charge in [0.05, 0.1) is 4.92 Å². The van der Waals surface area contributed by atoms with Crippen LogP contribution in [0.4, 0.5) is 11.4 Å². The molecule has 1 fully saturated rings. The molecule has 0 spiro atoms. The van der Waals surface area contributed by atoms with Crippen molar-refractivity contribution in [1.29, 1.82) is 0 Å². The van der Waals surface area contributed by atoms with Crippen molar-refractivity contribution in [1.82, 2.24) is 5.32 Å². The summed E-state index contributed by atoms with van der Waals surface area (Å²) in [6.45, 7) is 5.05. The van der Waals surface area contributed by atoms with Gasteiger partial charge >= 0.3 is 5.69 Å². The molecular weight excluding hydrogens is 222 g/mol. The Morgan fingerprint density at radius 1 is 1.41 bits per heavy atom. The van der Waals surface area contributed by atoms with Gasteiger partial charge in [0.15, 0.2) is 5.75 Å². The van der Waals surface area contributed by atoms with Gasteiger partial charge in [-0.1, -0.05) is 0 Å². The largest absolute Gasteiger partial charge is 0.502 e. The van der Waals surface area contributed by atoms with Gasteiger partial charge in [0.1, 0.15) is 0 Å². The topological polar surface area (TPSA) is 78.6 Å². The lowest BCUT2D eigenvalue weighted by Gasteiger charge is -2.29. The Labute approximate surface area is 99.0 Å². The van der Waals surface area contributed by atoms with E-state index in [9.17, 15) is 15.2 Å². The van der Waals surface area contributed by atoms with Crippen molar-refractivity contribution in [3.63, 3.8) is 0 Å². The van der Waals surface area contributed by atoms with Crippen molar-refractivity contribution >= 4 is 11.4 Å². The lowest BCUT2D eigenvalue weighted by atomic mass is 10.1. The number of piperazine rings is 1. The summed E-state index contributed by atoms with van der Waals surface area (Å²) in [6, 6.07) is 3.22. The molecule has 0 saturated carbocycles. The highest BCUT2D eigenvalue weighted by Gasteiger charge is 2.20. The summed E-state index contributed by atoms with van der Waals surface area (Å²) in [5.74, 6) is -0.242. The Hall–Kier alpha value is -1.82. The molecule has 0 aromatic heterocycles. The number of nitro groups is 1. The van der Waals surface area contributed by atoms with Crippen LogP contribution in [0.1, 0.15) is 5.56 Å². The van der Waals surface area contributed by atoms with Gasteiger partial charge in [0.25, 0.3) is 0 Å². The van der Waals surface area contributed by atoms with E-state index in [4.69, 9.17) is 0 Å². The Morgan fingerprint density at radius 3 is 2.65 bits per heavy atom. The van der Waals surface area contributed by atoms with Gasteiger partial charge in [-0.2, -0.15) is 0 Å². The molecule has 92 valence electrons. The Bertz CT molecular complexity index is 442. The van der Waals surface area contributed by atoms with Crippen LogP contribution in [0.25, 0.3) is 0 Å². The number of nitro benzene ring substituents is 1. The van der Waals surface area contributed by atoms with Crippen LogP contribution in [0.15, 0.2) is 12.1 Å². The minimum atomic E-state index is -0.548. The monoisotopic (exact) mass is 237 g/mol. The quantitative estimate of drug-likeness (QED) is 0.593. The molecule has 0 unspecified atom stereocenters. The van der Waals surface area contributed by atoms with Crippen molar-refractivity contribution in [3.05, 3.63) is 27.8 Å². The maximum absolute atomic E-state index is 10.8. The van der Waals surface area contributed by atoms with Gasteiger partial charge in [0.2, 0.25) is 0 Å². The molecule has 1 aromatic rings. The smallest absolute Gasteiger partial charge is 0.313 e. The van der Waals surface area contributed by atoms with Crippen LogP contribution < -0.4 is 10.2 Å². The summed E-state index contributed by atoms with van der Waals surface area (Å²) < 4.78 is 0. The molecule has 0 amide bonds. The standard InChI is InChI=1S/C11H15N3O3/c1-8-6-9(13-4-2-12-3-5-13)7-10(11(8)15)14(16)17/h6-7,12,15H,2-5H2,1H3. The molecular formula is C11H15N3O3. The third-order valence-corrected chi connectivity index (χ3v) is 2.94. The van der Waals surface area contributed by atoms with Crippen LogP contribution in [-0.4, -0.2) is 36.2 Å². The molecule has 6 heteroatoms. The predicted molar refractivity (Wildman–Crippen MR) is 64.6 cm³/mol. The van der Waals surface area contributed by atoms with Gasteiger partial charge in [-0.05, 0) is 13.0 Å². The number of nitrogens with one attached hydrogen (secondary N) is 1. The second-order valence-electron chi connectivity index (χ2n) is 4.12. The first-order chi connectivity index (χ1) is 8.09. The van der Waals surface area contributed by atoms with E-state index >= 15 is 0 Å². The third-order valence-electron chi connectivity index (χ3n) is 2.94. The molecule has 0 atom stereocenters. The molecule has 1 saturated heterocycles. The fraction of sp³-hybridized carbons (Fsp3) is 0.455. The van der Waals surface area contributed by atoms with Crippen LogP contribution in [0, 0.1) is 17.0 Å². The highest BCUT2D eigenvalue weighted by atomic mass is 16.6. The summed E-state index contributed by atoms with van der Waals surface area (Å²) in [6.07, 6.45) is 0. The number of aromatic hydroxyl groups is 1. The first kappa shape index (κ1) is 11.7. The number of benzene rings is 1. The molecule has 0 aliphatic carbocycles. The zero-order chi connectivity index (χ0) is 12.4. The number of phenolic OH excluding ortho intramolecular Hbond substituents is 1. The number of rotatable bonds is 2. The maximum atomic E-state index is 10.8. The molecule has 1 aliphatic rings. The SMILES string of the molecule is Cc1cc(N2CCNCC2)cc([N+](=O)[O-])c1O. The van der Waals surface area contributed by atoms with Crippen LogP contribution >= 0.6 is 0 Å². The molecule has 17 heavy (non-hydrogen) atoms. The van der Waals surface area contributed by atoms with Gasteiger partial charge in [-0.25, -0.2) is 0 Å². The average Bonchev–Trinajstić information content (AvgIpc) is 2.33. The number of hydrogen-bond acceptors (Lipinski definition) is 5. The number of nitrogens with zero attached hydrogens (tertiary/aromatic N) is 2. The summed E-state index contributed by atoms with van der Waals surface area (Å²) in [5.41, 5.74) is 1.11. The van der Waals surface area contributed by atoms with Crippen LogP contribution in [0.3, 0.4) is 0 Å². The van der Waals surface area contributed by atoms with E-state index in [-0.39, 0.29) is 11.4 Å². The maximum Gasteiger partial charge on any atom is 0.313 e. The van der Waals surface area contributed by atoms with E-state index in [2.05, 4.69) is 10.2 Å². The summed E-state index contributed by atoms with van der Waals surface area (Å²) in [7, 11) is 0. The van der Waals surface area contributed by atoms with Crippen molar-refractivity contribution in [2.24, 2.45) is 0 Å². The fourth-order valence-corrected chi connectivity index (χ4v) is 1.99. The summed E-state index contributed by atoms with van der Waals surface area (Å²) in [5, 5.41) is 23.7. The first-order valence-corrected chi connectivity index (χ1v) is 5.53. The van der Waals surface area contributed by atoms with Crippen molar-refractivity contribution in [2.45, 2.75) is 6.92 Å². The van der Waals surface area contributed by atoms with E-state index < -0.39 is 4.92 Å². The summed E-state index contributed by atoms with van der Waals surface area (Å²) in [4.78, 5) is 12.4. The fourth-order valence-electron chi connectivity index (χ4n) is 1.99. The lowest BCUT2D eigenvalue weighted by molar-refractivity contribution is -0.385. The van der Waals surface area contributed by atoms with E-state index in [0.29, 0.717) is 5.56 Å². The number of anilines is 1.